The monoisotopic (exact) mass is 280 g/mol. The molecule has 0 saturated carbocycles. The highest BCUT2D eigenvalue weighted by molar-refractivity contribution is 6.04. The van der Waals surface area contributed by atoms with Gasteiger partial charge in [-0.2, -0.15) is 0 Å². The third-order valence-electron chi connectivity index (χ3n) is 3.04. The fourth-order valence-corrected chi connectivity index (χ4v) is 1.57. The van der Waals surface area contributed by atoms with Crippen LogP contribution in [0, 0.1) is 11.2 Å². The van der Waals surface area contributed by atoms with Crippen molar-refractivity contribution in [3.05, 3.63) is 35.6 Å². The van der Waals surface area contributed by atoms with Crippen LogP contribution in [0.2, 0.25) is 0 Å². The maximum Gasteiger partial charge on any atom is 0.235 e. The average molecular weight is 280 g/mol. The van der Waals surface area contributed by atoms with Crippen LogP contribution in [-0.2, 0) is 16.1 Å². The minimum Gasteiger partial charge on any atom is -0.355 e. The first-order valence-corrected chi connectivity index (χ1v) is 6.69. The molecule has 0 fully saturated rings. The Morgan fingerprint density at radius 1 is 1.10 bits per heavy atom. The quantitative estimate of drug-likeness (QED) is 0.783. The van der Waals surface area contributed by atoms with E-state index in [2.05, 4.69) is 10.6 Å². The standard InChI is InChI=1S/C15H21FN2O2/c1-4-9-17-13(19)15(2,3)14(20)18-10-11-5-7-12(16)8-6-11/h5-8H,4,9-10H2,1-3H3,(H,17,19)(H,18,20). The molecule has 2 N–H and O–H groups in total. The molecule has 0 heterocycles. The van der Waals surface area contributed by atoms with E-state index in [4.69, 9.17) is 0 Å². The zero-order valence-electron chi connectivity index (χ0n) is 12.1. The van der Waals surface area contributed by atoms with Gasteiger partial charge >= 0.3 is 0 Å². The van der Waals surface area contributed by atoms with Gasteiger partial charge in [0, 0.05) is 13.1 Å². The van der Waals surface area contributed by atoms with Crippen LogP contribution in [0.5, 0.6) is 0 Å². The molecule has 0 saturated heterocycles. The lowest BCUT2D eigenvalue weighted by atomic mass is 9.91. The van der Waals surface area contributed by atoms with Gasteiger partial charge in [-0.25, -0.2) is 4.39 Å². The normalized spacial score (nSPS) is 11.0. The molecule has 0 aliphatic carbocycles. The van der Waals surface area contributed by atoms with Gasteiger partial charge in [-0.1, -0.05) is 19.1 Å². The topological polar surface area (TPSA) is 58.2 Å². The van der Waals surface area contributed by atoms with Crippen LogP contribution in [0.1, 0.15) is 32.8 Å². The van der Waals surface area contributed by atoms with Gasteiger partial charge in [0.05, 0.1) is 0 Å². The Bertz CT molecular complexity index is 469. The summed E-state index contributed by atoms with van der Waals surface area (Å²) in [7, 11) is 0. The Labute approximate surface area is 118 Å². The molecule has 5 heteroatoms. The van der Waals surface area contributed by atoms with Crippen molar-refractivity contribution in [2.45, 2.75) is 33.7 Å². The van der Waals surface area contributed by atoms with Gasteiger partial charge in [0.15, 0.2) is 0 Å². The minimum absolute atomic E-state index is 0.267. The molecule has 110 valence electrons. The van der Waals surface area contributed by atoms with Crippen molar-refractivity contribution in [2.75, 3.05) is 6.54 Å². The maximum absolute atomic E-state index is 12.8. The van der Waals surface area contributed by atoms with Crippen molar-refractivity contribution in [1.82, 2.24) is 10.6 Å². The second kappa shape index (κ2) is 7.03. The summed E-state index contributed by atoms with van der Waals surface area (Å²) < 4.78 is 12.8. The molecular formula is C15H21FN2O2. The van der Waals surface area contributed by atoms with Gasteiger partial charge in [-0.3, -0.25) is 9.59 Å². The molecule has 2 amide bonds. The maximum atomic E-state index is 12.8. The fourth-order valence-electron chi connectivity index (χ4n) is 1.57. The van der Waals surface area contributed by atoms with E-state index >= 15 is 0 Å². The summed E-state index contributed by atoms with van der Waals surface area (Å²) in [4.78, 5) is 24.0. The number of rotatable bonds is 6. The van der Waals surface area contributed by atoms with Gasteiger partial charge < -0.3 is 10.6 Å². The first kappa shape index (κ1) is 16.1. The first-order valence-electron chi connectivity index (χ1n) is 6.69. The molecular weight excluding hydrogens is 259 g/mol. The zero-order chi connectivity index (χ0) is 15.2. The van der Waals surface area contributed by atoms with E-state index < -0.39 is 5.41 Å². The van der Waals surface area contributed by atoms with Gasteiger partial charge in [0.25, 0.3) is 0 Å². The third-order valence-corrected chi connectivity index (χ3v) is 3.04. The van der Waals surface area contributed by atoms with Crippen LogP contribution in [-0.4, -0.2) is 18.4 Å². The Morgan fingerprint density at radius 3 is 2.20 bits per heavy atom. The Morgan fingerprint density at radius 2 is 1.65 bits per heavy atom. The predicted molar refractivity (Wildman–Crippen MR) is 75.3 cm³/mol. The van der Waals surface area contributed by atoms with Crippen LogP contribution in [0.4, 0.5) is 4.39 Å². The summed E-state index contributed by atoms with van der Waals surface area (Å²) in [6.07, 6.45) is 0.818. The molecule has 0 aromatic heterocycles. The third kappa shape index (κ3) is 4.33. The molecule has 0 aliphatic rings. The number of amides is 2. The molecule has 1 aromatic rings. The largest absolute Gasteiger partial charge is 0.355 e. The van der Waals surface area contributed by atoms with Crippen LogP contribution >= 0.6 is 0 Å². The highest BCUT2D eigenvalue weighted by atomic mass is 19.1. The predicted octanol–water partition coefficient (Wildman–Crippen LogP) is 1.99. The van der Waals surface area contributed by atoms with Crippen LogP contribution in [0.3, 0.4) is 0 Å². The van der Waals surface area contributed by atoms with E-state index in [0.717, 1.165) is 12.0 Å². The lowest BCUT2D eigenvalue weighted by molar-refractivity contribution is -0.141. The molecule has 0 atom stereocenters. The lowest BCUT2D eigenvalue weighted by Gasteiger charge is -2.22. The van der Waals surface area contributed by atoms with Crippen molar-refractivity contribution >= 4 is 11.8 Å². The first-order chi connectivity index (χ1) is 9.37. The van der Waals surface area contributed by atoms with E-state index in [-0.39, 0.29) is 24.2 Å². The second-order valence-corrected chi connectivity index (χ2v) is 5.19. The molecule has 1 rings (SSSR count). The van der Waals surface area contributed by atoms with E-state index in [1.54, 1.807) is 26.0 Å². The van der Waals surface area contributed by atoms with E-state index in [9.17, 15) is 14.0 Å². The molecule has 0 bridgehead atoms. The van der Waals surface area contributed by atoms with E-state index in [1.807, 2.05) is 6.92 Å². The van der Waals surface area contributed by atoms with Crippen LogP contribution in [0.25, 0.3) is 0 Å². The summed E-state index contributed by atoms with van der Waals surface area (Å²) in [5.74, 6) is -0.967. The molecule has 20 heavy (non-hydrogen) atoms. The lowest BCUT2D eigenvalue weighted by Crippen LogP contribution is -2.47. The summed E-state index contributed by atoms with van der Waals surface area (Å²) in [6, 6.07) is 5.86. The zero-order valence-corrected chi connectivity index (χ0v) is 12.1. The van der Waals surface area contributed by atoms with Crippen molar-refractivity contribution < 1.29 is 14.0 Å². The van der Waals surface area contributed by atoms with Gasteiger partial charge in [0.2, 0.25) is 11.8 Å². The number of carbonyl (C=O) groups excluding carboxylic acids is 2. The Kier molecular flexibility index (Phi) is 5.67. The van der Waals surface area contributed by atoms with Gasteiger partial charge in [-0.05, 0) is 38.0 Å². The number of halogens is 1. The fraction of sp³-hybridized carbons (Fsp3) is 0.467. The van der Waals surface area contributed by atoms with Crippen molar-refractivity contribution in [2.24, 2.45) is 5.41 Å². The molecule has 0 aliphatic heterocycles. The Balaban J connectivity index is 2.56. The molecule has 0 radical (unpaired) electrons. The Hall–Kier alpha value is -1.91. The highest BCUT2D eigenvalue weighted by Gasteiger charge is 2.35. The summed E-state index contributed by atoms with van der Waals surface area (Å²) in [5, 5.41) is 5.40. The van der Waals surface area contributed by atoms with Gasteiger partial charge in [0.1, 0.15) is 11.2 Å². The number of hydrogen-bond donors (Lipinski definition) is 2. The summed E-state index contributed by atoms with van der Waals surface area (Å²) in [5.41, 5.74) is -0.348. The van der Waals surface area contributed by atoms with Crippen LogP contribution < -0.4 is 10.6 Å². The van der Waals surface area contributed by atoms with Crippen molar-refractivity contribution in [3.8, 4) is 0 Å². The number of benzene rings is 1. The van der Waals surface area contributed by atoms with E-state index in [1.165, 1.54) is 12.1 Å². The molecule has 0 unspecified atom stereocenters. The second-order valence-electron chi connectivity index (χ2n) is 5.19. The number of carbonyl (C=O) groups is 2. The average Bonchev–Trinajstić information content (AvgIpc) is 2.43. The minimum atomic E-state index is -1.13. The van der Waals surface area contributed by atoms with E-state index in [0.29, 0.717) is 6.54 Å². The number of nitrogens with one attached hydrogen (secondary N) is 2. The smallest absolute Gasteiger partial charge is 0.235 e. The van der Waals surface area contributed by atoms with Gasteiger partial charge in [-0.15, -0.1) is 0 Å². The molecule has 0 spiro atoms. The SMILES string of the molecule is CCCNC(=O)C(C)(C)C(=O)NCc1ccc(F)cc1. The molecule has 1 aromatic carbocycles. The molecule has 4 nitrogen and oxygen atoms in total. The highest BCUT2D eigenvalue weighted by Crippen LogP contribution is 2.15. The van der Waals surface area contributed by atoms with Crippen LogP contribution in [0.15, 0.2) is 24.3 Å². The van der Waals surface area contributed by atoms with Crippen molar-refractivity contribution in [1.29, 1.82) is 0 Å². The summed E-state index contributed by atoms with van der Waals surface area (Å²) in [6.45, 7) is 5.93. The van der Waals surface area contributed by atoms with Crippen molar-refractivity contribution in [3.63, 3.8) is 0 Å². The summed E-state index contributed by atoms with van der Waals surface area (Å²) >= 11 is 0. The number of hydrogen-bond acceptors (Lipinski definition) is 2.